The molecule has 1 fully saturated rings. The van der Waals surface area contributed by atoms with Crippen molar-refractivity contribution in [1.82, 2.24) is 4.98 Å². The summed E-state index contributed by atoms with van der Waals surface area (Å²) in [6, 6.07) is 8.70. The van der Waals surface area contributed by atoms with Gasteiger partial charge in [-0.15, -0.1) is 27.1 Å². The number of carbonyl (C=O) groups is 1. The first-order valence-electron chi connectivity index (χ1n) is 9.57. The molecule has 1 aromatic carbocycles. The van der Waals surface area contributed by atoms with Gasteiger partial charge in [0, 0.05) is 23.9 Å². The van der Waals surface area contributed by atoms with Crippen molar-refractivity contribution < 1.29 is 13.2 Å². The Kier molecular flexibility index (Phi) is 4.92. The second kappa shape index (κ2) is 7.60. The van der Waals surface area contributed by atoms with Crippen LogP contribution in [0, 0.1) is 0 Å². The van der Waals surface area contributed by atoms with Gasteiger partial charge in [-0.3, -0.25) is 10.1 Å². The summed E-state index contributed by atoms with van der Waals surface area (Å²) in [6.07, 6.45) is 3.61. The summed E-state index contributed by atoms with van der Waals surface area (Å²) in [4.78, 5) is 20.3. The Labute approximate surface area is 182 Å². The lowest BCUT2D eigenvalue weighted by Gasteiger charge is -2.29. The number of carbonyl (C=O) groups excluding carboxylic acids is 1. The van der Waals surface area contributed by atoms with Gasteiger partial charge in [-0.1, -0.05) is 12.5 Å². The SMILES string of the molecule is O=C(Nc1nc(-c2cccs2)cs1)c1ccc2c(c1)S(=O)(=O)N=C1CCCCCN12. The Bertz CT molecular complexity index is 1250. The van der Waals surface area contributed by atoms with Gasteiger partial charge in [0.05, 0.1) is 16.3 Å². The van der Waals surface area contributed by atoms with Crippen molar-refractivity contribution in [1.29, 1.82) is 0 Å². The Morgan fingerprint density at radius 1 is 1.13 bits per heavy atom. The van der Waals surface area contributed by atoms with Crippen LogP contribution in [-0.4, -0.2) is 31.7 Å². The van der Waals surface area contributed by atoms with Crippen LogP contribution < -0.4 is 10.2 Å². The number of sulfonamides is 1. The van der Waals surface area contributed by atoms with E-state index in [9.17, 15) is 13.2 Å². The minimum Gasteiger partial charge on any atom is -0.328 e. The number of hydrogen-bond donors (Lipinski definition) is 1. The molecule has 0 bridgehead atoms. The first-order valence-corrected chi connectivity index (χ1v) is 12.8. The Morgan fingerprint density at radius 2 is 2.03 bits per heavy atom. The first kappa shape index (κ1) is 19.4. The molecule has 154 valence electrons. The quantitative estimate of drug-likeness (QED) is 0.619. The number of anilines is 2. The molecule has 0 atom stereocenters. The maximum atomic E-state index is 12.8. The predicted octanol–water partition coefficient (Wildman–Crippen LogP) is 4.61. The lowest BCUT2D eigenvalue weighted by molar-refractivity contribution is 0.102. The Balaban J connectivity index is 1.43. The van der Waals surface area contributed by atoms with E-state index in [-0.39, 0.29) is 10.5 Å². The number of aromatic nitrogens is 1. The lowest BCUT2D eigenvalue weighted by atomic mass is 10.1. The minimum atomic E-state index is -3.83. The van der Waals surface area contributed by atoms with Crippen LogP contribution in [0.4, 0.5) is 10.8 Å². The fraction of sp³-hybridized carbons (Fsp3) is 0.250. The second-order valence-electron chi connectivity index (χ2n) is 7.10. The number of nitrogens with one attached hydrogen (secondary N) is 1. The average Bonchev–Trinajstić information content (AvgIpc) is 3.36. The number of nitrogens with zero attached hydrogens (tertiary/aromatic N) is 3. The van der Waals surface area contributed by atoms with Crippen LogP contribution in [0.15, 0.2) is 50.4 Å². The molecule has 0 saturated carbocycles. The van der Waals surface area contributed by atoms with E-state index in [1.807, 2.05) is 27.8 Å². The number of benzene rings is 1. The maximum absolute atomic E-state index is 12.8. The summed E-state index contributed by atoms with van der Waals surface area (Å²) < 4.78 is 29.5. The van der Waals surface area contributed by atoms with Crippen molar-refractivity contribution in [3.05, 3.63) is 46.7 Å². The highest BCUT2D eigenvalue weighted by Crippen LogP contribution is 2.35. The number of fused-ring (bicyclic) bond motifs is 3. The smallest absolute Gasteiger partial charge is 0.286 e. The number of rotatable bonds is 3. The summed E-state index contributed by atoms with van der Waals surface area (Å²) in [5, 5.41) is 7.09. The van der Waals surface area contributed by atoms with Crippen LogP contribution in [0.1, 0.15) is 36.0 Å². The van der Waals surface area contributed by atoms with Gasteiger partial charge in [0.2, 0.25) is 0 Å². The molecule has 10 heteroatoms. The molecule has 2 aliphatic rings. The van der Waals surface area contributed by atoms with Gasteiger partial charge in [0.1, 0.15) is 10.7 Å². The van der Waals surface area contributed by atoms with Gasteiger partial charge >= 0.3 is 0 Å². The average molecular weight is 459 g/mol. The third kappa shape index (κ3) is 3.55. The summed E-state index contributed by atoms with van der Waals surface area (Å²) in [5.41, 5.74) is 1.67. The molecule has 0 aliphatic carbocycles. The monoisotopic (exact) mass is 458 g/mol. The summed E-state index contributed by atoms with van der Waals surface area (Å²) in [7, 11) is -3.83. The molecule has 5 rings (SSSR count). The number of hydrogen-bond acceptors (Lipinski definition) is 7. The molecule has 3 aromatic rings. The van der Waals surface area contributed by atoms with Gasteiger partial charge < -0.3 is 4.90 Å². The van der Waals surface area contributed by atoms with Gasteiger partial charge in [-0.2, -0.15) is 8.42 Å². The van der Waals surface area contributed by atoms with E-state index >= 15 is 0 Å². The van der Waals surface area contributed by atoms with Crippen LogP contribution in [0.2, 0.25) is 0 Å². The number of thiazole rings is 1. The summed E-state index contributed by atoms with van der Waals surface area (Å²) in [5.74, 6) is 0.201. The topological polar surface area (TPSA) is 91.7 Å². The molecule has 2 aromatic heterocycles. The standard InChI is InChI=1S/C20H18N4O3S3/c25-19(22-20-21-14(12-29-20)16-5-4-10-28-16)13-7-8-15-17(11-13)30(26,27)23-18-6-2-1-3-9-24(15)18/h4-5,7-8,10-12H,1-3,6,9H2,(H,21,22,25). The van der Waals surface area contributed by atoms with Gasteiger partial charge in [0.25, 0.3) is 15.9 Å². The van der Waals surface area contributed by atoms with Crippen LogP contribution in [0.25, 0.3) is 10.6 Å². The molecule has 0 radical (unpaired) electrons. The van der Waals surface area contributed by atoms with E-state index < -0.39 is 15.9 Å². The Morgan fingerprint density at radius 3 is 2.87 bits per heavy atom. The molecule has 0 spiro atoms. The molecule has 1 amide bonds. The fourth-order valence-corrected chi connectivity index (χ4v) is 6.41. The van der Waals surface area contributed by atoms with Crippen molar-refractivity contribution in [2.45, 2.75) is 30.6 Å². The van der Waals surface area contributed by atoms with Gasteiger partial charge in [0.15, 0.2) is 5.13 Å². The van der Waals surface area contributed by atoms with Crippen LogP contribution >= 0.6 is 22.7 Å². The normalized spacial score (nSPS) is 17.5. The molecule has 1 saturated heterocycles. The molecular weight excluding hydrogens is 440 g/mol. The Hall–Kier alpha value is -2.56. The van der Waals surface area contributed by atoms with Crippen molar-refractivity contribution in [3.8, 4) is 10.6 Å². The highest BCUT2D eigenvalue weighted by atomic mass is 32.2. The van der Waals surface area contributed by atoms with Crippen molar-refractivity contribution in [2.24, 2.45) is 4.40 Å². The highest BCUT2D eigenvalue weighted by molar-refractivity contribution is 7.90. The zero-order valence-electron chi connectivity index (χ0n) is 15.9. The predicted molar refractivity (Wildman–Crippen MR) is 120 cm³/mol. The lowest BCUT2D eigenvalue weighted by Crippen LogP contribution is -2.35. The molecule has 0 unspecified atom stereocenters. The summed E-state index contributed by atoms with van der Waals surface area (Å²) >= 11 is 2.91. The van der Waals surface area contributed by atoms with E-state index in [4.69, 9.17) is 0 Å². The minimum absolute atomic E-state index is 0.0826. The summed E-state index contributed by atoms with van der Waals surface area (Å²) in [6.45, 7) is 0.734. The molecule has 2 aliphatic heterocycles. The molecule has 30 heavy (non-hydrogen) atoms. The molecular formula is C20H18N4O3S3. The zero-order valence-corrected chi connectivity index (χ0v) is 18.3. The number of amides is 1. The van der Waals surface area contributed by atoms with Crippen LogP contribution in [0.5, 0.6) is 0 Å². The largest absolute Gasteiger partial charge is 0.328 e. The highest BCUT2D eigenvalue weighted by Gasteiger charge is 2.32. The molecule has 1 N–H and O–H groups in total. The third-order valence-corrected chi connectivity index (χ3v) is 8.09. The van der Waals surface area contributed by atoms with Gasteiger partial charge in [-0.05, 0) is 42.5 Å². The third-order valence-electron chi connectivity index (χ3n) is 5.11. The van der Waals surface area contributed by atoms with E-state index in [1.165, 1.54) is 17.4 Å². The van der Waals surface area contributed by atoms with E-state index in [1.54, 1.807) is 23.5 Å². The number of amidine groups is 1. The van der Waals surface area contributed by atoms with E-state index in [0.717, 1.165) is 36.4 Å². The van der Waals surface area contributed by atoms with Crippen molar-refractivity contribution in [2.75, 3.05) is 16.8 Å². The molecule has 7 nitrogen and oxygen atoms in total. The van der Waals surface area contributed by atoms with Crippen molar-refractivity contribution >= 4 is 55.3 Å². The number of thiophene rings is 1. The second-order valence-corrected chi connectivity index (χ2v) is 10.5. The van der Waals surface area contributed by atoms with E-state index in [0.29, 0.717) is 23.1 Å². The first-order chi connectivity index (χ1) is 14.5. The van der Waals surface area contributed by atoms with Gasteiger partial charge in [-0.25, -0.2) is 4.98 Å². The van der Waals surface area contributed by atoms with Crippen molar-refractivity contribution in [3.63, 3.8) is 0 Å². The van der Waals surface area contributed by atoms with Crippen LogP contribution in [-0.2, 0) is 10.0 Å². The van der Waals surface area contributed by atoms with Crippen LogP contribution in [0.3, 0.4) is 0 Å². The maximum Gasteiger partial charge on any atom is 0.286 e. The zero-order chi connectivity index (χ0) is 20.7. The van der Waals surface area contributed by atoms with E-state index in [2.05, 4.69) is 14.7 Å². The fourth-order valence-electron chi connectivity index (χ4n) is 3.66. The molecule has 4 heterocycles.